The number of nitrogens with zero attached hydrogens (tertiary/aromatic N) is 2. The van der Waals surface area contributed by atoms with E-state index in [9.17, 15) is 5.11 Å². The highest BCUT2D eigenvalue weighted by Crippen LogP contribution is 2.22. The Morgan fingerprint density at radius 1 is 1.33 bits per heavy atom. The molecule has 1 aromatic carbocycles. The first-order valence-corrected chi connectivity index (χ1v) is 8.68. The van der Waals surface area contributed by atoms with Crippen molar-refractivity contribution in [2.45, 2.75) is 25.4 Å². The van der Waals surface area contributed by atoms with E-state index in [0.717, 1.165) is 24.6 Å². The van der Waals surface area contributed by atoms with Crippen molar-refractivity contribution < 1.29 is 5.11 Å². The molecule has 2 atom stereocenters. The van der Waals surface area contributed by atoms with Gasteiger partial charge in [0.15, 0.2) is 5.96 Å². The monoisotopic (exact) mass is 307 g/mol. The van der Waals surface area contributed by atoms with Gasteiger partial charge >= 0.3 is 0 Å². The van der Waals surface area contributed by atoms with Crippen LogP contribution in [0.15, 0.2) is 35.3 Å². The van der Waals surface area contributed by atoms with Crippen LogP contribution < -0.4 is 5.73 Å². The van der Waals surface area contributed by atoms with Gasteiger partial charge in [0.1, 0.15) is 0 Å². The minimum Gasteiger partial charge on any atom is -0.393 e. The molecule has 116 valence electrons. The van der Waals surface area contributed by atoms with E-state index in [1.54, 1.807) is 0 Å². The summed E-state index contributed by atoms with van der Waals surface area (Å²) in [6.07, 6.45) is 0.370. The van der Waals surface area contributed by atoms with Crippen molar-refractivity contribution in [3.8, 4) is 0 Å². The Bertz CT molecular complexity index is 444. The van der Waals surface area contributed by atoms with Gasteiger partial charge in [0.25, 0.3) is 0 Å². The standard InChI is InChI=1S/C16H25N3OS/c1-13(20)11-15(14-5-3-2-4-6-14)12-18-16(17)19-7-9-21-10-8-19/h2-6,13,15,20H,7-12H2,1H3,(H2,17,18). The number of nitrogens with two attached hydrogens (primary N) is 1. The van der Waals surface area contributed by atoms with Crippen LogP contribution >= 0.6 is 11.8 Å². The van der Waals surface area contributed by atoms with Gasteiger partial charge in [-0.3, -0.25) is 4.99 Å². The fourth-order valence-corrected chi connectivity index (χ4v) is 3.45. The predicted molar refractivity (Wildman–Crippen MR) is 90.9 cm³/mol. The summed E-state index contributed by atoms with van der Waals surface area (Å²) in [6.45, 7) is 4.41. The summed E-state index contributed by atoms with van der Waals surface area (Å²) >= 11 is 1.96. The van der Waals surface area contributed by atoms with Crippen molar-refractivity contribution in [2.24, 2.45) is 10.7 Å². The van der Waals surface area contributed by atoms with Crippen LogP contribution in [-0.4, -0.2) is 53.2 Å². The highest BCUT2D eigenvalue weighted by molar-refractivity contribution is 7.99. The molecule has 0 amide bonds. The van der Waals surface area contributed by atoms with E-state index in [0.29, 0.717) is 18.9 Å². The summed E-state index contributed by atoms with van der Waals surface area (Å²) in [5.74, 6) is 3.09. The van der Waals surface area contributed by atoms with Crippen LogP contribution in [0.2, 0.25) is 0 Å². The van der Waals surface area contributed by atoms with E-state index in [2.05, 4.69) is 22.0 Å². The van der Waals surface area contributed by atoms with Gasteiger partial charge in [0, 0.05) is 37.1 Å². The molecule has 1 aliphatic rings. The smallest absolute Gasteiger partial charge is 0.191 e. The van der Waals surface area contributed by atoms with Gasteiger partial charge in [-0.25, -0.2) is 0 Å². The fourth-order valence-electron chi connectivity index (χ4n) is 2.55. The maximum absolute atomic E-state index is 9.71. The molecule has 1 saturated heterocycles. The number of aliphatic hydroxyl groups is 1. The molecular weight excluding hydrogens is 282 g/mol. The second-order valence-corrected chi connectivity index (χ2v) is 6.72. The Kier molecular flexibility index (Phi) is 6.39. The molecule has 1 aliphatic heterocycles. The molecule has 0 aromatic heterocycles. The van der Waals surface area contributed by atoms with Gasteiger partial charge in [0.2, 0.25) is 0 Å². The quantitative estimate of drug-likeness (QED) is 0.644. The average Bonchev–Trinajstić information content (AvgIpc) is 2.52. The summed E-state index contributed by atoms with van der Waals surface area (Å²) in [6, 6.07) is 10.2. The van der Waals surface area contributed by atoms with E-state index >= 15 is 0 Å². The van der Waals surface area contributed by atoms with Crippen molar-refractivity contribution in [2.75, 3.05) is 31.1 Å². The van der Waals surface area contributed by atoms with E-state index in [-0.39, 0.29) is 12.0 Å². The lowest BCUT2D eigenvalue weighted by Gasteiger charge is -2.27. The van der Waals surface area contributed by atoms with Gasteiger partial charge < -0.3 is 15.7 Å². The van der Waals surface area contributed by atoms with Gasteiger partial charge in [-0.2, -0.15) is 11.8 Å². The molecule has 0 aliphatic carbocycles. The Balaban J connectivity index is 2.01. The molecule has 5 heteroatoms. The third kappa shape index (κ3) is 5.25. The molecule has 0 bridgehead atoms. The normalized spacial score (nSPS) is 19.3. The number of thioether (sulfide) groups is 1. The third-order valence-corrected chi connectivity index (χ3v) is 4.65. The van der Waals surface area contributed by atoms with Crippen molar-refractivity contribution >= 4 is 17.7 Å². The van der Waals surface area contributed by atoms with Crippen LogP contribution in [-0.2, 0) is 0 Å². The van der Waals surface area contributed by atoms with E-state index in [4.69, 9.17) is 5.73 Å². The first kappa shape index (κ1) is 16.2. The van der Waals surface area contributed by atoms with Crippen LogP contribution in [0.4, 0.5) is 0 Å². The molecule has 1 aromatic rings. The second kappa shape index (κ2) is 8.29. The number of hydrogen-bond acceptors (Lipinski definition) is 3. The largest absolute Gasteiger partial charge is 0.393 e. The van der Waals surface area contributed by atoms with E-state index < -0.39 is 0 Å². The molecule has 21 heavy (non-hydrogen) atoms. The average molecular weight is 307 g/mol. The summed E-state index contributed by atoms with van der Waals surface area (Å²) in [7, 11) is 0. The minimum absolute atomic E-state index is 0.212. The molecule has 0 spiro atoms. The fraction of sp³-hybridized carbons (Fsp3) is 0.562. The van der Waals surface area contributed by atoms with Crippen molar-refractivity contribution in [3.63, 3.8) is 0 Å². The summed E-state index contributed by atoms with van der Waals surface area (Å²) in [5.41, 5.74) is 7.32. The predicted octanol–water partition coefficient (Wildman–Crippen LogP) is 1.90. The molecule has 3 N–H and O–H groups in total. The maximum Gasteiger partial charge on any atom is 0.191 e. The van der Waals surface area contributed by atoms with Gasteiger partial charge in [0.05, 0.1) is 6.10 Å². The first-order valence-electron chi connectivity index (χ1n) is 7.52. The topological polar surface area (TPSA) is 61.9 Å². The highest BCUT2D eigenvalue weighted by Gasteiger charge is 2.16. The second-order valence-electron chi connectivity index (χ2n) is 5.49. The molecule has 2 unspecified atom stereocenters. The number of guanidine groups is 1. The Hall–Kier alpha value is -1.20. The lowest BCUT2D eigenvalue weighted by atomic mass is 9.93. The summed E-state index contributed by atoms with van der Waals surface area (Å²) in [4.78, 5) is 6.73. The van der Waals surface area contributed by atoms with Gasteiger partial charge in [-0.05, 0) is 18.9 Å². The van der Waals surface area contributed by atoms with Crippen LogP contribution in [0.1, 0.15) is 24.8 Å². The molecule has 4 nitrogen and oxygen atoms in total. The number of aliphatic imine (C=N–C) groups is 1. The number of benzene rings is 1. The van der Waals surface area contributed by atoms with Crippen LogP contribution in [0.5, 0.6) is 0 Å². The van der Waals surface area contributed by atoms with Gasteiger partial charge in [-0.15, -0.1) is 0 Å². The minimum atomic E-state index is -0.335. The van der Waals surface area contributed by atoms with Crippen LogP contribution in [0.3, 0.4) is 0 Å². The molecule has 1 heterocycles. The molecule has 2 rings (SSSR count). The third-order valence-electron chi connectivity index (χ3n) is 3.71. The molecule has 1 fully saturated rings. The lowest BCUT2D eigenvalue weighted by molar-refractivity contribution is 0.175. The number of aliphatic hydroxyl groups excluding tert-OH is 1. The van der Waals surface area contributed by atoms with E-state index in [1.165, 1.54) is 5.56 Å². The van der Waals surface area contributed by atoms with Crippen molar-refractivity contribution in [1.29, 1.82) is 0 Å². The zero-order valence-electron chi connectivity index (χ0n) is 12.6. The summed E-state index contributed by atoms with van der Waals surface area (Å²) in [5, 5.41) is 9.71. The maximum atomic E-state index is 9.71. The molecule has 0 radical (unpaired) electrons. The molecular formula is C16H25N3OS. The van der Waals surface area contributed by atoms with E-state index in [1.807, 2.05) is 36.9 Å². The zero-order chi connectivity index (χ0) is 15.1. The number of rotatable bonds is 5. The van der Waals surface area contributed by atoms with Crippen LogP contribution in [0, 0.1) is 0 Å². The molecule has 0 saturated carbocycles. The lowest BCUT2D eigenvalue weighted by Crippen LogP contribution is -2.42. The van der Waals surface area contributed by atoms with Crippen LogP contribution in [0.25, 0.3) is 0 Å². The van der Waals surface area contributed by atoms with Gasteiger partial charge in [-0.1, -0.05) is 30.3 Å². The van der Waals surface area contributed by atoms with Crippen molar-refractivity contribution in [3.05, 3.63) is 35.9 Å². The highest BCUT2D eigenvalue weighted by atomic mass is 32.2. The Labute approximate surface area is 131 Å². The Morgan fingerprint density at radius 3 is 2.62 bits per heavy atom. The summed E-state index contributed by atoms with van der Waals surface area (Å²) < 4.78 is 0. The number of hydrogen-bond donors (Lipinski definition) is 2. The zero-order valence-corrected chi connectivity index (χ0v) is 13.4. The first-order chi connectivity index (χ1) is 10.2. The van der Waals surface area contributed by atoms with Crippen molar-refractivity contribution in [1.82, 2.24) is 4.90 Å². The Morgan fingerprint density at radius 2 is 2.00 bits per heavy atom. The SMILES string of the molecule is CC(O)CC(CN=C(N)N1CCSCC1)c1ccccc1.